The molecule has 4 aromatic rings. The summed E-state index contributed by atoms with van der Waals surface area (Å²) in [5.41, 5.74) is 2.55. The highest BCUT2D eigenvalue weighted by atomic mass is 35.5. The molecule has 13 heteroatoms. The van der Waals surface area contributed by atoms with Crippen LogP contribution in [-0.2, 0) is 16.9 Å². The number of nitrogens with zero attached hydrogens (tertiary/aromatic N) is 6. The maximum Gasteiger partial charge on any atom is 0.324 e. The molecule has 0 amide bonds. The van der Waals surface area contributed by atoms with Crippen molar-refractivity contribution in [3.05, 3.63) is 63.6 Å². The maximum atomic E-state index is 11.8. The zero-order chi connectivity index (χ0) is 28.9. The first kappa shape index (κ1) is 27.8. The molecule has 0 unspecified atom stereocenters. The molecule has 2 atom stereocenters. The Kier molecular flexibility index (Phi) is 7.17. The van der Waals surface area contributed by atoms with E-state index >= 15 is 0 Å². The molecule has 0 spiro atoms. The molecule has 11 nitrogen and oxygen atoms in total. The number of benzene rings is 1. The number of sulfone groups is 1. The van der Waals surface area contributed by atoms with Crippen LogP contribution >= 0.6 is 11.6 Å². The molecule has 1 saturated heterocycles. The van der Waals surface area contributed by atoms with Gasteiger partial charge in [0.25, 0.3) is 0 Å². The fraction of sp³-hybridized carbons (Fsp3) is 0.370. The van der Waals surface area contributed by atoms with Crippen molar-refractivity contribution in [2.45, 2.75) is 32.7 Å². The molecule has 0 aliphatic carbocycles. The van der Waals surface area contributed by atoms with Gasteiger partial charge in [0.1, 0.15) is 21.5 Å². The highest BCUT2D eigenvalue weighted by Gasteiger charge is 2.38. The van der Waals surface area contributed by atoms with Gasteiger partial charge in [0.2, 0.25) is 5.15 Å². The normalized spacial score (nSPS) is 17.3. The first-order valence-electron chi connectivity index (χ1n) is 12.8. The van der Waals surface area contributed by atoms with Crippen molar-refractivity contribution < 1.29 is 13.3 Å². The van der Waals surface area contributed by atoms with Crippen LogP contribution in [0.5, 0.6) is 0 Å². The Hall–Kier alpha value is -3.77. The van der Waals surface area contributed by atoms with E-state index in [0.717, 1.165) is 22.0 Å². The number of pyridine rings is 1. The van der Waals surface area contributed by atoms with E-state index < -0.39 is 14.8 Å². The standard InChI is InChI=1S/C27H30ClN7O4S/c1-15(2)18-6-7-22(34-13-17(16(34)3)14-40(5,38)39)21-12-30-24(10-19(18)21)31-23-8-9-29-27(32-23)20-11-25(35(36)37)33(4)26(20)28/h6-12,15-17H,13-14H2,1-5H3,(H,29,30,31,32)/t16-,17-/m1/s1. The second-order valence-electron chi connectivity index (χ2n) is 10.6. The topological polar surface area (TPSA) is 136 Å². The number of nitrogens with one attached hydrogen (secondary N) is 1. The number of hydrogen-bond donors (Lipinski definition) is 1. The fourth-order valence-corrected chi connectivity index (χ4v) is 6.63. The molecular weight excluding hydrogens is 554 g/mol. The summed E-state index contributed by atoms with van der Waals surface area (Å²) in [6, 6.07) is 9.33. The van der Waals surface area contributed by atoms with Gasteiger partial charge in [-0.05, 0) is 58.5 Å². The fourth-order valence-electron chi connectivity index (χ4n) is 5.24. The molecule has 0 saturated carbocycles. The smallest absolute Gasteiger partial charge is 0.324 e. The third-order valence-corrected chi connectivity index (χ3v) is 8.93. The molecule has 1 aliphatic rings. The lowest BCUT2D eigenvalue weighted by Gasteiger charge is -2.48. The number of halogens is 1. The van der Waals surface area contributed by atoms with Crippen molar-refractivity contribution in [1.82, 2.24) is 19.5 Å². The van der Waals surface area contributed by atoms with Gasteiger partial charge in [0, 0.05) is 54.3 Å². The maximum absolute atomic E-state index is 11.8. The van der Waals surface area contributed by atoms with E-state index in [-0.39, 0.29) is 40.4 Å². The van der Waals surface area contributed by atoms with E-state index in [2.05, 4.69) is 58.1 Å². The summed E-state index contributed by atoms with van der Waals surface area (Å²) in [6.45, 7) is 7.01. The number of nitro groups is 1. The quantitative estimate of drug-likeness (QED) is 0.215. The molecule has 0 bridgehead atoms. The van der Waals surface area contributed by atoms with Crippen LogP contribution in [0.4, 0.5) is 23.1 Å². The van der Waals surface area contributed by atoms with Crippen molar-refractivity contribution in [2.24, 2.45) is 13.0 Å². The van der Waals surface area contributed by atoms with Crippen LogP contribution in [0.1, 0.15) is 32.3 Å². The monoisotopic (exact) mass is 583 g/mol. The molecular formula is C27H30ClN7O4S. The number of anilines is 3. The van der Waals surface area contributed by atoms with Crippen molar-refractivity contribution >= 4 is 55.4 Å². The van der Waals surface area contributed by atoms with Crippen LogP contribution in [0.2, 0.25) is 5.15 Å². The number of aromatic nitrogens is 4. The van der Waals surface area contributed by atoms with Crippen molar-refractivity contribution in [2.75, 3.05) is 28.8 Å². The predicted molar refractivity (Wildman–Crippen MR) is 157 cm³/mol. The van der Waals surface area contributed by atoms with E-state index in [9.17, 15) is 18.5 Å². The summed E-state index contributed by atoms with van der Waals surface area (Å²) in [5, 5.41) is 16.8. The van der Waals surface area contributed by atoms with Gasteiger partial charge in [-0.15, -0.1) is 0 Å². The van der Waals surface area contributed by atoms with Crippen LogP contribution in [0.25, 0.3) is 22.2 Å². The van der Waals surface area contributed by atoms with Crippen LogP contribution in [0, 0.1) is 16.0 Å². The minimum Gasteiger partial charge on any atom is -0.368 e. The summed E-state index contributed by atoms with van der Waals surface area (Å²) >= 11 is 6.34. The van der Waals surface area contributed by atoms with Gasteiger partial charge >= 0.3 is 5.82 Å². The molecule has 1 N–H and O–H groups in total. The minimum atomic E-state index is -3.04. The van der Waals surface area contributed by atoms with Crippen LogP contribution in [0.3, 0.4) is 0 Å². The summed E-state index contributed by atoms with van der Waals surface area (Å²) in [5.74, 6) is 1.67. The van der Waals surface area contributed by atoms with E-state index in [1.165, 1.54) is 23.9 Å². The number of fused-ring (bicyclic) bond motifs is 1. The lowest BCUT2D eigenvalue weighted by Crippen LogP contribution is -2.57. The molecule has 0 radical (unpaired) electrons. The van der Waals surface area contributed by atoms with Gasteiger partial charge in [-0.25, -0.2) is 27.9 Å². The Morgan fingerprint density at radius 2 is 1.93 bits per heavy atom. The number of rotatable bonds is 8. The van der Waals surface area contributed by atoms with E-state index in [4.69, 9.17) is 11.6 Å². The average molecular weight is 584 g/mol. The molecule has 1 aliphatic heterocycles. The highest BCUT2D eigenvalue weighted by Crippen LogP contribution is 2.40. The molecule has 40 heavy (non-hydrogen) atoms. The van der Waals surface area contributed by atoms with Gasteiger partial charge in [0.05, 0.1) is 18.4 Å². The molecule has 5 rings (SSSR count). The zero-order valence-corrected chi connectivity index (χ0v) is 24.4. The Bertz CT molecular complexity index is 1740. The average Bonchev–Trinajstić information content (AvgIpc) is 3.19. The van der Waals surface area contributed by atoms with Gasteiger partial charge in [0.15, 0.2) is 5.82 Å². The largest absolute Gasteiger partial charge is 0.368 e. The Balaban J connectivity index is 1.47. The lowest BCUT2D eigenvalue weighted by atomic mass is 9.88. The molecule has 1 fully saturated rings. The zero-order valence-electron chi connectivity index (χ0n) is 22.8. The SMILES string of the molecule is CC(C)c1ccc(N2C[C@H](CS(C)(=O)=O)[C@H]2C)c2cnc(Nc3ccnc(-c4cc([N+](=O)[O-])n(C)c4Cl)n3)cc12. The van der Waals surface area contributed by atoms with Gasteiger partial charge < -0.3 is 20.3 Å². The van der Waals surface area contributed by atoms with Crippen molar-refractivity contribution in [3.8, 4) is 11.4 Å². The third kappa shape index (κ3) is 5.20. The third-order valence-electron chi connectivity index (χ3n) is 7.44. The van der Waals surface area contributed by atoms with Crippen LogP contribution in [-0.4, -0.2) is 57.5 Å². The predicted octanol–water partition coefficient (Wildman–Crippen LogP) is 5.33. The molecule has 4 heterocycles. The van der Waals surface area contributed by atoms with Crippen LogP contribution in [0.15, 0.2) is 42.7 Å². The molecule has 210 valence electrons. The number of hydrogen-bond acceptors (Lipinski definition) is 9. The minimum absolute atomic E-state index is 0.0928. The van der Waals surface area contributed by atoms with Crippen molar-refractivity contribution in [1.29, 1.82) is 0 Å². The van der Waals surface area contributed by atoms with Gasteiger partial charge in [-0.1, -0.05) is 19.9 Å². The summed E-state index contributed by atoms with van der Waals surface area (Å²) in [4.78, 5) is 26.5. The Labute approximate surface area is 237 Å². The van der Waals surface area contributed by atoms with Gasteiger partial charge in [-0.3, -0.25) is 0 Å². The van der Waals surface area contributed by atoms with Crippen LogP contribution < -0.4 is 10.2 Å². The van der Waals surface area contributed by atoms with E-state index in [0.29, 0.717) is 23.7 Å². The first-order valence-corrected chi connectivity index (χ1v) is 15.2. The summed E-state index contributed by atoms with van der Waals surface area (Å²) in [6.07, 6.45) is 4.66. The molecule has 3 aromatic heterocycles. The first-order chi connectivity index (χ1) is 18.8. The van der Waals surface area contributed by atoms with E-state index in [1.807, 2.05) is 12.3 Å². The van der Waals surface area contributed by atoms with Crippen molar-refractivity contribution in [3.63, 3.8) is 0 Å². The van der Waals surface area contributed by atoms with Gasteiger partial charge in [-0.2, -0.15) is 0 Å². The Morgan fingerprint density at radius 3 is 2.55 bits per heavy atom. The highest BCUT2D eigenvalue weighted by molar-refractivity contribution is 7.90. The van der Waals surface area contributed by atoms with E-state index in [1.54, 1.807) is 12.3 Å². The lowest BCUT2D eigenvalue weighted by molar-refractivity contribution is -0.391. The second kappa shape index (κ2) is 10.3. The summed E-state index contributed by atoms with van der Waals surface area (Å²) < 4.78 is 24.9. The molecule has 1 aromatic carbocycles. The Morgan fingerprint density at radius 1 is 1.18 bits per heavy atom. The second-order valence-corrected chi connectivity index (χ2v) is 13.1. The summed E-state index contributed by atoms with van der Waals surface area (Å²) in [7, 11) is -1.53.